The summed E-state index contributed by atoms with van der Waals surface area (Å²) in [5, 5.41) is 11.8. The molecular formula is C11H22N2O4S. The smallest absolute Gasteiger partial charge is 0.320 e. The third-order valence-electron chi connectivity index (χ3n) is 3.17. The minimum Gasteiger partial charge on any atom is -0.480 e. The van der Waals surface area contributed by atoms with Gasteiger partial charge in [-0.3, -0.25) is 4.79 Å². The van der Waals surface area contributed by atoms with Crippen molar-refractivity contribution in [3.05, 3.63) is 0 Å². The summed E-state index contributed by atoms with van der Waals surface area (Å²) in [7, 11) is -3.11. The average molecular weight is 278 g/mol. The number of aliphatic carboxylic acids is 1. The van der Waals surface area contributed by atoms with E-state index in [2.05, 4.69) is 5.32 Å². The van der Waals surface area contributed by atoms with Gasteiger partial charge in [0.05, 0.1) is 5.75 Å². The van der Waals surface area contributed by atoms with Crippen molar-refractivity contribution < 1.29 is 18.3 Å². The number of hydrogen-bond donors (Lipinski definition) is 2. The Labute approximate surface area is 108 Å². The lowest BCUT2D eigenvalue weighted by atomic mass is 10.1. The van der Waals surface area contributed by atoms with Crippen LogP contribution in [0, 0.1) is 0 Å². The van der Waals surface area contributed by atoms with E-state index >= 15 is 0 Å². The van der Waals surface area contributed by atoms with Gasteiger partial charge in [-0.25, -0.2) is 12.7 Å². The molecule has 0 amide bonds. The Morgan fingerprint density at radius 1 is 1.44 bits per heavy atom. The molecule has 1 fully saturated rings. The zero-order chi connectivity index (χ0) is 13.8. The van der Waals surface area contributed by atoms with Gasteiger partial charge in [0.2, 0.25) is 10.0 Å². The molecule has 1 atom stereocenters. The summed E-state index contributed by atoms with van der Waals surface area (Å²) in [4.78, 5) is 10.7. The molecular weight excluding hydrogens is 256 g/mol. The third-order valence-corrected chi connectivity index (χ3v) is 5.24. The van der Waals surface area contributed by atoms with Gasteiger partial charge in [0.25, 0.3) is 0 Å². The van der Waals surface area contributed by atoms with Crippen LogP contribution in [0.15, 0.2) is 0 Å². The zero-order valence-electron chi connectivity index (χ0n) is 10.9. The molecule has 6 nitrogen and oxygen atoms in total. The molecule has 0 saturated carbocycles. The Hall–Kier alpha value is -0.660. The first kappa shape index (κ1) is 15.4. The van der Waals surface area contributed by atoms with Crippen LogP contribution in [0.1, 0.15) is 33.1 Å². The maximum atomic E-state index is 11.8. The van der Waals surface area contributed by atoms with Crippen LogP contribution in [0.2, 0.25) is 0 Å². The highest BCUT2D eigenvalue weighted by molar-refractivity contribution is 7.89. The molecule has 106 valence electrons. The molecule has 0 aliphatic carbocycles. The van der Waals surface area contributed by atoms with E-state index in [1.165, 1.54) is 4.31 Å². The first-order chi connectivity index (χ1) is 8.36. The number of carboxylic acid groups (broad SMARTS) is 1. The summed E-state index contributed by atoms with van der Waals surface area (Å²) in [5.74, 6) is -0.688. The van der Waals surface area contributed by atoms with Crippen LogP contribution in [-0.4, -0.2) is 54.7 Å². The summed E-state index contributed by atoms with van der Waals surface area (Å²) >= 11 is 0. The van der Waals surface area contributed by atoms with Gasteiger partial charge >= 0.3 is 5.97 Å². The Balaban J connectivity index is 2.44. The lowest BCUT2D eigenvalue weighted by Gasteiger charge is -2.32. The molecule has 1 unspecified atom stereocenters. The van der Waals surface area contributed by atoms with Gasteiger partial charge in [-0.2, -0.15) is 0 Å². The SMILES string of the molecule is CCCS(=O)(=O)N1CCC(NC(C)C(=O)O)CC1. The first-order valence-electron chi connectivity index (χ1n) is 6.33. The number of hydrogen-bond acceptors (Lipinski definition) is 4. The quantitative estimate of drug-likeness (QED) is 0.727. The Morgan fingerprint density at radius 2 is 2.00 bits per heavy atom. The highest BCUT2D eigenvalue weighted by Gasteiger charge is 2.28. The van der Waals surface area contributed by atoms with Crippen LogP contribution < -0.4 is 5.32 Å². The van der Waals surface area contributed by atoms with Crippen molar-refractivity contribution in [1.82, 2.24) is 9.62 Å². The number of nitrogens with one attached hydrogen (secondary N) is 1. The molecule has 1 heterocycles. The topological polar surface area (TPSA) is 86.7 Å². The summed E-state index contributed by atoms with van der Waals surface area (Å²) in [5.41, 5.74) is 0. The second-order valence-electron chi connectivity index (χ2n) is 4.72. The van der Waals surface area contributed by atoms with E-state index in [1.807, 2.05) is 6.92 Å². The summed E-state index contributed by atoms with van der Waals surface area (Å²) in [6, 6.07) is -0.502. The van der Waals surface area contributed by atoms with Gasteiger partial charge in [0, 0.05) is 19.1 Å². The van der Waals surface area contributed by atoms with E-state index in [-0.39, 0.29) is 11.8 Å². The molecule has 0 radical (unpaired) electrons. The number of carboxylic acids is 1. The molecule has 0 aromatic rings. The molecule has 1 rings (SSSR count). The molecule has 2 N–H and O–H groups in total. The highest BCUT2D eigenvalue weighted by atomic mass is 32.2. The first-order valence-corrected chi connectivity index (χ1v) is 7.94. The molecule has 1 aliphatic rings. The van der Waals surface area contributed by atoms with Gasteiger partial charge in [-0.15, -0.1) is 0 Å². The molecule has 0 spiro atoms. The molecule has 0 aromatic carbocycles. The maximum absolute atomic E-state index is 11.8. The minimum absolute atomic E-state index is 0.0872. The lowest BCUT2D eigenvalue weighted by Crippen LogP contribution is -2.49. The standard InChI is InChI=1S/C11H22N2O4S/c1-3-8-18(16,17)13-6-4-10(5-7-13)12-9(2)11(14)15/h9-10,12H,3-8H2,1-2H3,(H,14,15). The number of nitrogens with zero attached hydrogens (tertiary/aromatic N) is 1. The van der Waals surface area contributed by atoms with Gasteiger partial charge in [0.1, 0.15) is 6.04 Å². The van der Waals surface area contributed by atoms with Crippen molar-refractivity contribution in [3.8, 4) is 0 Å². The molecule has 18 heavy (non-hydrogen) atoms. The number of sulfonamides is 1. The van der Waals surface area contributed by atoms with Crippen LogP contribution >= 0.6 is 0 Å². The van der Waals surface area contributed by atoms with Crippen molar-refractivity contribution in [2.45, 2.75) is 45.2 Å². The van der Waals surface area contributed by atoms with Gasteiger partial charge < -0.3 is 10.4 Å². The Bertz CT molecular complexity index is 375. The summed E-state index contributed by atoms with van der Waals surface area (Å²) < 4.78 is 25.2. The Kier molecular flexibility index (Phi) is 5.55. The summed E-state index contributed by atoms with van der Waals surface area (Å²) in [6.45, 7) is 4.40. The van der Waals surface area contributed by atoms with Gasteiger partial charge in [-0.1, -0.05) is 6.92 Å². The fraction of sp³-hybridized carbons (Fsp3) is 0.909. The largest absolute Gasteiger partial charge is 0.480 e. The van der Waals surface area contributed by atoms with Crippen molar-refractivity contribution in [3.63, 3.8) is 0 Å². The van der Waals surface area contributed by atoms with Crippen molar-refractivity contribution in [1.29, 1.82) is 0 Å². The van der Waals surface area contributed by atoms with Crippen LogP contribution in [0.25, 0.3) is 0 Å². The summed E-state index contributed by atoms with van der Waals surface area (Å²) in [6.07, 6.45) is 1.96. The van der Waals surface area contributed by atoms with Crippen molar-refractivity contribution >= 4 is 16.0 Å². The lowest BCUT2D eigenvalue weighted by molar-refractivity contribution is -0.139. The molecule has 1 aliphatic heterocycles. The second-order valence-corrected chi connectivity index (χ2v) is 6.80. The van der Waals surface area contributed by atoms with E-state index in [0.717, 1.165) is 0 Å². The molecule has 0 bridgehead atoms. The van der Waals surface area contributed by atoms with Crippen LogP contribution in [0.5, 0.6) is 0 Å². The zero-order valence-corrected chi connectivity index (χ0v) is 11.7. The predicted octanol–water partition coefficient (Wildman–Crippen LogP) is 0.253. The van der Waals surface area contributed by atoms with Crippen LogP contribution in [-0.2, 0) is 14.8 Å². The minimum atomic E-state index is -3.11. The molecule has 7 heteroatoms. The predicted molar refractivity (Wildman–Crippen MR) is 68.9 cm³/mol. The van der Waals surface area contributed by atoms with E-state index in [4.69, 9.17) is 5.11 Å². The van der Waals surface area contributed by atoms with Crippen LogP contribution in [0.4, 0.5) is 0 Å². The van der Waals surface area contributed by atoms with E-state index in [9.17, 15) is 13.2 Å². The van der Waals surface area contributed by atoms with Crippen LogP contribution in [0.3, 0.4) is 0 Å². The molecule has 0 aromatic heterocycles. The number of piperidine rings is 1. The third kappa shape index (κ3) is 4.22. The monoisotopic (exact) mass is 278 g/mol. The van der Waals surface area contributed by atoms with Crippen molar-refractivity contribution in [2.24, 2.45) is 0 Å². The normalized spacial score (nSPS) is 20.8. The highest BCUT2D eigenvalue weighted by Crippen LogP contribution is 2.15. The average Bonchev–Trinajstić information content (AvgIpc) is 2.29. The molecule has 1 saturated heterocycles. The van der Waals surface area contributed by atoms with Gasteiger partial charge in [0.15, 0.2) is 0 Å². The van der Waals surface area contributed by atoms with E-state index in [1.54, 1.807) is 6.92 Å². The fourth-order valence-electron chi connectivity index (χ4n) is 2.11. The maximum Gasteiger partial charge on any atom is 0.320 e. The number of carbonyl (C=O) groups is 1. The second kappa shape index (κ2) is 6.49. The van der Waals surface area contributed by atoms with E-state index in [0.29, 0.717) is 32.4 Å². The van der Waals surface area contributed by atoms with Gasteiger partial charge in [-0.05, 0) is 26.2 Å². The van der Waals surface area contributed by atoms with Crippen molar-refractivity contribution in [2.75, 3.05) is 18.8 Å². The fourth-order valence-corrected chi connectivity index (χ4v) is 3.65. The van der Waals surface area contributed by atoms with E-state index < -0.39 is 22.0 Å². The Morgan fingerprint density at radius 3 is 2.44 bits per heavy atom. The number of rotatable bonds is 6.